The van der Waals surface area contributed by atoms with Crippen LogP contribution >= 0.6 is 12.4 Å². The normalized spacial score (nSPS) is 24.9. The third kappa shape index (κ3) is 2.34. The third-order valence-electron chi connectivity index (χ3n) is 4.05. The van der Waals surface area contributed by atoms with Crippen molar-refractivity contribution in [2.75, 3.05) is 0 Å². The molecule has 0 amide bonds. The number of rotatable bonds is 0. The largest absolute Gasteiger partial charge is 0.487 e. The van der Waals surface area contributed by atoms with Gasteiger partial charge in [-0.3, -0.25) is 0 Å². The van der Waals surface area contributed by atoms with Crippen LogP contribution in [0, 0.1) is 5.82 Å². The van der Waals surface area contributed by atoms with E-state index < -0.39 is 0 Å². The van der Waals surface area contributed by atoms with Gasteiger partial charge in [0.05, 0.1) is 0 Å². The molecule has 0 bridgehead atoms. The first kappa shape index (κ1) is 13.6. The van der Waals surface area contributed by atoms with E-state index in [1.54, 1.807) is 6.07 Å². The highest BCUT2D eigenvalue weighted by molar-refractivity contribution is 5.85. The Labute approximate surface area is 113 Å². The van der Waals surface area contributed by atoms with Crippen LogP contribution < -0.4 is 10.5 Å². The van der Waals surface area contributed by atoms with Gasteiger partial charge in [0.25, 0.3) is 0 Å². The van der Waals surface area contributed by atoms with Crippen LogP contribution in [0.25, 0.3) is 0 Å². The van der Waals surface area contributed by atoms with Gasteiger partial charge in [-0.15, -0.1) is 12.4 Å². The summed E-state index contributed by atoms with van der Waals surface area (Å²) in [4.78, 5) is 0. The van der Waals surface area contributed by atoms with Crippen LogP contribution in [0.4, 0.5) is 4.39 Å². The first-order chi connectivity index (χ1) is 8.19. The summed E-state index contributed by atoms with van der Waals surface area (Å²) in [7, 11) is 0. The van der Waals surface area contributed by atoms with E-state index in [-0.39, 0.29) is 29.9 Å². The SMILES string of the molecule is Cl.NC1CC2(CCCCC2)Oc2ccc(F)cc21. The van der Waals surface area contributed by atoms with E-state index >= 15 is 0 Å². The number of benzene rings is 1. The molecule has 100 valence electrons. The minimum absolute atomic E-state index is 0. The molecule has 2 aliphatic rings. The van der Waals surface area contributed by atoms with E-state index in [0.717, 1.165) is 30.6 Å². The van der Waals surface area contributed by atoms with Crippen molar-refractivity contribution < 1.29 is 9.13 Å². The lowest BCUT2D eigenvalue weighted by atomic mass is 9.77. The maximum absolute atomic E-state index is 13.2. The third-order valence-corrected chi connectivity index (χ3v) is 4.05. The zero-order chi connectivity index (χ0) is 11.9. The standard InChI is InChI=1S/C14H18FNO.ClH/c15-10-4-5-13-11(8-10)12(16)9-14(17-13)6-2-1-3-7-14;/h4-5,8,12H,1-3,6-7,9,16H2;1H. The molecule has 1 spiro atoms. The number of hydrogen-bond acceptors (Lipinski definition) is 2. The van der Waals surface area contributed by atoms with Crippen molar-refractivity contribution >= 4 is 12.4 Å². The van der Waals surface area contributed by atoms with Gasteiger partial charge in [-0.2, -0.15) is 0 Å². The first-order valence-electron chi connectivity index (χ1n) is 6.43. The lowest BCUT2D eigenvalue weighted by Gasteiger charge is -2.43. The maximum atomic E-state index is 13.2. The number of hydrogen-bond donors (Lipinski definition) is 1. The molecule has 1 saturated carbocycles. The molecular formula is C14H19ClFNO. The number of nitrogens with two attached hydrogens (primary N) is 1. The highest BCUT2D eigenvalue weighted by Crippen LogP contribution is 2.45. The van der Waals surface area contributed by atoms with Crippen LogP contribution in [-0.4, -0.2) is 5.60 Å². The van der Waals surface area contributed by atoms with E-state index in [9.17, 15) is 4.39 Å². The Balaban J connectivity index is 0.00000120. The molecule has 2 nitrogen and oxygen atoms in total. The molecule has 0 aromatic heterocycles. The molecule has 0 saturated heterocycles. The minimum atomic E-state index is -0.234. The Kier molecular flexibility index (Phi) is 3.83. The van der Waals surface area contributed by atoms with Gasteiger partial charge >= 0.3 is 0 Å². The smallest absolute Gasteiger partial charge is 0.125 e. The topological polar surface area (TPSA) is 35.2 Å². The minimum Gasteiger partial charge on any atom is -0.487 e. The second-order valence-electron chi connectivity index (χ2n) is 5.34. The van der Waals surface area contributed by atoms with Crippen LogP contribution in [0.2, 0.25) is 0 Å². The zero-order valence-corrected chi connectivity index (χ0v) is 11.1. The van der Waals surface area contributed by atoms with Gasteiger partial charge in [0.2, 0.25) is 0 Å². The maximum Gasteiger partial charge on any atom is 0.125 e. The first-order valence-corrected chi connectivity index (χ1v) is 6.43. The predicted octanol–water partition coefficient (Wildman–Crippen LogP) is 3.73. The second kappa shape index (κ2) is 5.06. The van der Waals surface area contributed by atoms with Crippen molar-refractivity contribution in [3.05, 3.63) is 29.6 Å². The summed E-state index contributed by atoms with van der Waals surface area (Å²) in [5, 5.41) is 0. The Morgan fingerprint density at radius 2 is 1.94 bits per heavy atom. The molecule has 1 fully saturated rings. The van der Waals surface area contributed by atoms with Crippen molar-refractivity contribution in [2.24, 2.45) is 5.73 Å². The number of ether oxygens (including phenoxy) is 1. The molecule has 1 aliphatic carbocycles. The Morgan fingerprint density at radius 1 is 1.22 bits per heavy atom. The summed E-state index contributed by atoms with van der Waals surface area (Å²) in [6.45, 7) is 0. The molecule has 2 N–H and O–H groups in total. The molecule has 1 unspecified atom stereocenters. The van der Waals surface area contributed by atoms with E-state index in [2.05, 4.69) is 0 Å². The highest BCUT2D eigenvalue weighted by atomic mass is 35.5. The van der Waals surface area contributed by atoms with E-state index in [1.165, 1.54) is 31.4 Å². The van der Waals surface area contributed by atoms with Gasteiger partial charge in [-0.05, 0) is 43.9 Å². The van der Waals surface area contributed by atoms with E-state index in [0.29, 0.717) is 0 Å². The summed E-state index contributed by atoms with van der Waals surface area (Å²) in [5.41, 5.74) is 6.91. The van der Waals surface area contributed by atoms with Gasteiger partial charge in [0, 0.05) is 18.0 Å². The molecule has 1 aromatic carbocycles. The van der Waals surface area contributed by atoms with Crippen LogP contribution in [0.5, 0.6) is 5.75 Å². The molecule has 1 aliphatic heterocycles. The molecule has 0 radical (unpaired) electrons. The molecule has 4 heteroatoms. The quantitative estimate of drug-likeness (QED) is 0.780. The average Bonchev–Trinajstić information content (AvgIpc) is 2.31. The lowest BCUT2D eigenvalue weighted by Crippen LogP contribution is -2.44. The highest BCUT2D eigenvalue weighted by Gasteiger charge is 2.40. The predicted molar refractivity (Wildman–Crippen MR) is 71.6 cm³/mol. The van der Waals surface area contributed by atoms with Gasteiger partial charge in [0.15, 0.2) is 0 Å². The van der Waals surface area contributed by atoms with Crippen LogP contribution in [-0.2, 0) is 0 Å². The summed E-state index contributed by atoms with van der Waals surface area (Å²) in [6, 6.07) is 4.59. The van der Waals surface area contributed by atoms with Crippen LogP contribution in [0.3, 0.4) is 0 Å². The van der Waals surface area contributed by atoms with Gasteiger partial charge in [-0.1, -0.05) is 6.42 Å². The summed E-state index contributed by atoms with van der Waals surface area (Å²) in [5.74, 6) is 0.550. The van der Waals surface area contributed by atoms with Gasteiger partial charge in [-0.25, -0.2) is 4.39 Å². The van der Waals surface area contributed by atoms with Crippen molar-refractivity contribution in [2.45, 2.75) is 50.2 Å². The summed E-state index contributed by atoms with van der Waals surface area (Å²) < 4.78 is 19.3. The Morgan fingerprint density at radius 3 is 2.67 bits per heavy atom. The molecule has 1 heterocycles. The van der Waals surface area contributed by atoms with Crippen molar-refractivity contribution in [1.29, 1.82) is 0 Å². The average molecular weight is 272 g/mol. The van der Waals surface area contributed by atoms with Crippen molar-refractivity contribution in [1.82, 2.24) is 0 Å². The second-order valence-corrected chi connectivity index (χ2v) is 5.34. The fraction of sp³-hybridized carbons (Fsp3) is 0.571. The lowest BCUT2D eigenvalue weighted by molar-refractivity contribution is 0.00179. The Hall–Kier alpha value is -0.800. The Bertz CT molecular complexity index is 432. The summed E-state index contributed by atoms with van der Waals surface area (Å²) in [6.07, 6.45) is 6.70. The fourth-order valence-electron chi connectivity index (χ4n) is 3.19. The van der Waals surface area contributed by atoms with E-state index in [1.807, 2.05) is 0 Å². The van der Waals surface area contributed by atoms with Crippen molar-refractivity contribution in [3.8, 4) is 5.75 Å². The zero-order valence-electron chi connectivity index (χ0n) is 10.3. The molecule has 1 aromatic rings. The summed E-state index contributed by atoms with van der Waals surface area (Å²) >= 11 is 0. The monoisotopic (exact) mass is 271 g/mol. The van der Waals surface area contributed by atoms with Gasteiger partial charge in [0.1, 0.15) is 17.2 Å². The van der Waals surface area contributed by atoms with E-state index in [4.69, 9.17) is 10.5 Å². The molecular weight excluding hydrogens is 253 g/mol. The fourth-order valence-corrected chi connectivity index (χ4v) is 3.19. The molecule has 18 heavy (non-hydrogen) atoms. The molecule has 3 rings (SSSR count). The van der Waals surface area contributed by atoms with Crippen LogP contribution in [0.15, 0.2) is 18.2 Å². The van der Waals surface area contributed by atoms with Crippen molar-refractivity contribution in [3.63, 3.8) is 0 Å². The molecule has 1 atom stereocenters. The van der Waals surface area contributed by atoms with Crippen LogP contribution in [0.1, 0.15) is 50.1 Å². The number of halogens is 2. The van der Waals surface area contributed by atoms with Gasteiger partial charge < -0.3 is 10.5 Å². The number of fused-ring (bicyclic) bond motifs is 1.